The van der Waals surface area contributed by atoms with E-state index in [1.165, 1.54) is 0 Å². The van der Waals surface area contributed by atoms with E-state index in [2.05, 4.69) is 9.71 Å². The number of carboxylic acid groups (broad SMARTS) is 1. The molecule has 1 aromatic rings. The van der Waals surface area contributed by atoms with E-state index in [1.54, 1.807) is 12.1 Å². The van der Waals surface area contributed by atoms with E-state index < -0.39 is 39.1 Å². The quantitative estimate of drug-likeness (QED) is 0.692. The zero-order valence-corrected chi connectivity index (χ0v) is 15.4. The highest BCUT2D eigenvalue weighted by Crippen LogP contribution is 2.38. The number of carbonyl (C=O) groups is 2. The van der Waals surface area contributed by atoms with Crippen LogP contribution < -0.4 is 4.72 Å². The van der Waals surface area contributed by atoms with Crippen molar-refractivity contribution in [1.29, 1.82) is 0 Å². The minimum Gasteiger partial charge on any atom is -0.480 e. The summed E-state index contributed by atoms with van der Waals surface area (Å²) in [6.45, 7) is -0.113. The highest BCUT2D eigenvalue weighted by atomic mass is 35.5. The Hall–Kier alpha value is -1.36. The zero-order valence-electron chi connectivity index (χ0n) is 13.0. The molecule has 3 rings (SSSR count). The number of pyridine rings is 1. The largest absolute Gasteiger partial charge is 0.480 e. The SMILES string of the molecule is O=C(O)CN1CCC[C@H](NS(=O)(=O)C2Cc3ccc(Cl)nc3S2)C1=O. The van der Waals surface area contributed by atoms with Gasteiger partial charge >= 0.3 is 5.97 Å². The first-order valence-electron chi connectivity index (χ1n) is 7.60. The number of aromatic nitrogens is 1. The minimum atomic E-state index is -3.79. The second-order valence-electron chi connectivity index (χ2n) is 5.86. The summed E-state index contributed by atoms with van der Waals surface area (Å²) in [5.41, 5.74) is 0.798. The third-order valence-corrected chi connectivity index (χ3v) is 7.78. The van der Waals surface area contributed by atoms with Crippen molar-refractivity contribution in [3.05, 3.63) is 22.8 Å². The maximum absolute atomic E-state index is 12.6. The minimum absolute atomic E-state index is 0.277. The van der Waals surface area contributed by atoms with Crippen LogP contribution >= 0.6 is 23.4 Å². The van der Waals surface area contributed by atoms with E-state index >= 15 is 0 Å². The summed E-state index contributed by atoms with van der Waals surface area (Å²) in [7, 11) is -3.79. The average Bonchev–Trinajstić information content (AvgIpc) is 2.94. The Labute approximate surface area is 154 Å². The topological polar surface area (TPSA) is 117 Å². The van der Waals surface area contributed by atoms with Gasteiger partial charge in [0.05, 0.1) is 0 Å². The Bertz CT molecular complexity index is 817. The Morgan fingerprint density at radius 2 is 2.24 bits per heavy atom. The number of nitrogens with one attached hydrogen (secondary N) is 1. The van der Waals surface area contributed by atoms with Crippen LogP contribution in [-0.4, -0.2) is 59.0 Å². The number of thioether (sulfide) groups is 1. The highest BCUT2D eigenvalue weighted by Gasteiger charge is 2.39. The molecule has 2 N–H and O–H groups in total. The van der Waals surface area contributed by atoms with Gasteiger partial charge in [-0.25, -0.2) is 18.1 Å². The van der Waals surface area contributed by atoms with E-state index in [0.717, 1.165) is 22.2 Å². The molecule has 2 atom stereocenters. The predicted octanol–water partition coefficient (Wildman–Crippen LogP) is 0.704. The molecular formula is C14H16ClN3O5S2. The van der Waals surface area contributed by atoms with Crippen LogP contribution in [0, 0.1) is 0 Å². The zero-order chi connectivity index (χ0) is 18.2. The van der Waals surface area contributed by atoms with Gasteiger partial charge in [-0.2, -0.15) is 0 Å². The third kappa shape index (κ3) is 4.08. The fraction of sp³-hybridized carbons (Fsp3) is 0.500. The fourth-order valence-corrected chi connectivity index (χ4v) is 6.14. The predicted molar refractivity (Wildman–Crippen MR) is 91.9 cm³/mol. The van der Waals surface area contributed by atoms with Crippen LogP contribution in [0.2, 0.25) is 5.15 Å². The van der Waals surface area contributed by atoms with E-state index in [4.69, 9.17) is 16.7 Å². The molecule has 8 nitrogen and oxygen atoms in total. The first kappa shape index (κ1) is 18.4. The molecule has 0 aromatic carbocycles. The lowest BCUT2D eigenvalue weighted by Crippen LogP contribution is -2.54. The molecule has 2 aliphatic rings. The number of nitrogens with zero attached hydrogens (tertiary/aromatic N) is 2. The number of hydrogen-bond donors (Lipinski definition) is 2. The highest BCUT2D eigenvalue weighted by molar-refractivity contribution is 8.13. The Morgan fingerprint density at radius 3 is 2.96 bits per heavy atom. The number of piperidine rings is 1. The van der Waals surface area contributed by atoms with Gasteiger partial charge < -0.3 is 10.0 Å². The number of likely N-dealkylation sites (tertiary alicyclic amines) is 1. The number of halogens is 1. The van der Waals surface area contributed by atoms with Crippen LogP contribution in [-0.2, 0) is 26.0 Å². The summed E-state index contributed by atoms with van der Waals surface area (Å²) < 4.78 is 26.9. The third-order valence-electron chi connectivity index (χ3n) is 4.04. The molecule has 2 aliphatic heterocycles. The second-order valence-corrected chi connectivity index (χ2v) is 9.63. The van der Waals surface area contributed by atoms with Gasteiger partial charge in [0.25, 0.3) is 0 Å². The molecule has 1 amide bonds. The summed E-state index contributed by atoms with van der Waals surface area (Å²) in [5, 5.41) is 9.71. The summed E-state index contributed by atoms with van der Waals surface area (Å²) in [5.74, 6) is -1.62. The van der Waals surface area contributed by atoms with Crippen molar-refractivity contribution in [3.8, 4) is 0 Å². The van der Waals surface area contributed by atoms with Crippen LogP contribution in [0.5, 0.6) is 0 Å². The Balaban J connectivity index is 1.70. The fourth-order valence-electron chi connectivity index (χ4n) is 2.87. The molecule has 25 heavy (non-hydrogen) atoms. The van der Waals surface area contributed by atoms with Crippen LogP contribution in [0.15, 0.2) is 17.2 Å². The number of carbonyl (C=O) groups excluding carboxylic acids is 1. The number of rotatable bonds is 5. The van der Waals surface area contributed by atoms with Gasteiger partial charge in [-0.05, 0) is 24.5 Å². The lowest BCUT2D eigenvalue weighted by Gasteiger charge is -2.31. The molecule has 11 heteroatoms. The number of hydrogen-bond acceptors (Lipinski definition) is 6. The van der Waals surface area contributed by atoms with Crippen molar-refractivity contribution in [2.45, 2.75) is 34.9 Å². The van der Waals surface area contributed by atoms with Crippen molar-refractivity contribution in [1.82, 2.24) is 14.6 Å². The van der Waals surface area contributed by atoms with Gasteiger partial charge in [0, 0.05) is 13.0 Å². The van der Waals surface area contributed by atoms with Crippen molar-refractivity contribution in [2.24, 2.45) is 0 Å². The normalized spacial score (nSPS) is 23.6. The summed E-state index contributed by atoms with van der Waals surface area (Å²) in [6.07, 6.45) is 1.17. The van der Waals surface area contributed by atoms with Crippen LogP contribution in [0.4, 0.5) is 0 Å². The molecule has 0 saturated carbocycles. The summed E-state index contributed by atoms with van der Waals surface area (Å²) in [4.78, 5) is 28.4. The van der Waals surface area contributed by atoms with Crippen LogP contribution in [0.25, 0.3) is 0 Å². The first-order chi connectivity index (χ1) is 11.8. The van der Waals surface area contributed by atoms with Gasteiger partial charge in [-0.1, -0.05) is 29.4 Å². The standard InChI is InChI=1S/C14H16ClN3O5S2/c15-10-4-3-8-6-12(24-13(8)16-10)25(22,23)17-9-2-1-5-18(14(9)21)7-11(19)20/h3-4,9,12,17H,1-2,5-7H2,(H,19,20)/t9-,12?/m0/s1. The number of amides is 1. The molecule has 0 aliphatic carbocycles. The van der Waals surface area contributed by atoms with Gasteiger partial charge in [0.1, 0.15) is 27.3 Å². The molecule has 1 fully saturated rings. The lowest BCUT2D eigenvalue weighted by molar-refractivity contribution is -0.146. The number of fused-ring (bicyclic) bond motifs is 1. The summed E-state index contributed by atoms with van der Waals surface area (Å²) in [6, 6.07) is 2.42. The smallest absolute Gasteiger partial charge is 0.323 e. The van der Waals surface area contributed by atoms with Crippen LogP contribution in [0.3, 0.4) is 0 Å². The Kier molecular flexibility index (Phi) is 5.24. The second kappa shape index (κ2) is 7.10. The van der Waals surface area contributed by atoms with E-state index in [-0.39, 0.29) is 6.42 Å². The maximum Gasteiger partial charge on any atom is 0.323 e. The van der Waals surface area contributed by atoms with E-state index in [0.29, 0.717) is 29.6 Å². The van der Waals surface area contributed by atoms with E-state index in [9.17, 15) is 18.0 Å². The molecule has 1 aromatic heterocycles. The monoisotopic (exact) mass is 405 g/mol. The molecule has 0 bridgehead atoms. The van der Waals surface area contributed by atoms with Crippen LogP contribution in [0.1, 0.15) is 18.4 Å². The molecule has 1 saturated heterocycles. The molecular weight excluding hydrogens is 390 g/mol. The van der Waals surface area contributed by atoms with Gasteiger partial charge in [-0.15, -0.1) is 0 Å². The molecule has 136 valence electrons. The molecule has 1 unspecified atom stereocenters. The number of carboxylic acids is 1. The lowest BCUT2D eigenvalue weighted by atomic mass is 10.1. The molecule has 0 radical (unpaired) electrons. The number of sulfonamides is 1. The van der Waals surface area contributed by atoms with Crippen molar-refractivity contribution in [3.63, 3.8) is 0 Å². The first-order valence-corrected chi connectivity index (χ1v) is 10.4. The van der Waals surface area contributed by atoms with Crippen molar-refractivity contribution in [2.75, 3.05) is 13.1 Å². The maximum atomic E-state index is 12.6. The van der Waals surface area contributed by atoms with Crippen molar-refractivity contribution < 1.29 is 23.1 Å². The number of aliphatic carboxylic acids is 1. The molecule has 0 spiro atoms. The van der Waals surface area contributed by atoms with Gasteiger partial charge in [-0.3, -0.25) is 9.59 Å². The van der Waals surface area contributed by atoms with Gasteiger partial charge in [0.15, 0.2) is 0 Å². The van der Waals surface area contributed by atoms with Gasteiger partial charge in [0.2, 0.25) is 15.9 Å². The van der Waals surface area contributed by atoms with E-state index in [1.807, 2.05) is 0 Å². The molecule has 3 heterocycles. The average molecular weight is 406 g/mol. The summed E-state index contributed by atoms with van der Waals surface area (Å²) >= 11 is 6.92. The van der Waals surface area contributed by atoms with Crippen molar-refractivity contribution >= 4 is 45.3 Å². The Morgan fingerprint density at radius 1 is 1.48 bits per heavy atom.